The van der Waals surface area contributed by atoms with Crippen molar-refractivity contribution in [1.29, 1.82) is 0 Å². The first-order chi connectivity index (χ1) is 11.1. The van der Waals surface area contributed by atoms with Crippen molar-refractivity contribution in [2.24, 2.45) is 5.73 Å². The molecule has 0 aliphatic carbocycles. The Morgan fingerprint density at radius 3 is 2.57 bits per heavy atom. The maximum atomic E-state index is 6.42. The van der Waals surface area contributed by atoms with Crippen LogP contribution in [0, 0.1) is 6.92 Å². The fourth-order valence-electron chi connectivity index (χ4n) is 3.05. The molecular weight excluding hydrogens is 327 g/mol. The van der Waals surface area contributed by atoms with Crippen LogP contribution < -0.4 is 5.73 Å². The minimum Gasteiger partial charge on any atom is -0.353 e. The Labute approximate surface area is 146 Å². The molecule has 0 radical (unpaired) electrons. The molecule has 2 nitrogen and oxygen atoms in total. The SMILES string of the molecule is Cc1ccccc1-c1[nH]c2c(Cl)c(Cl)ccc2c1CCCCN. The number of nitrogens with two attached hydrogens (primary N) is 1. The van der Waals surface area contributed by atoms with E-state index < -0.39 is 0 Å². The van der Waals surface area contributed by atoms with E-state index in [1.807, 2.05) is 6.07 Å². The Morgan fingerprint density at radius 2 is 1.83 bits per heavy atom. The summed E-state index contributed by atoms with van der Waals surface area (Å²) in [6, 6.07) is 12.3. The van der Waals surface area contributed by atoms with Crippen LogP contribution in [0.1, 0.15) is 24.0 Å². The number of nitrogens with one attached hydrogen (secondary N) is 1. The van der Waals surface area contributed by atoms with Gasteiger partial charge in [-0.25, -0.2) is 0 Å². The molecule has 3 aromatic rings. The van der Waals surface area contributed by atoms with Gasteiger partial charge >= 0.3 is 0 Å². The molecule has 0 amide bonds. The molecular formula is C19H20Cl2N2. The largest absolute Gasteiger partial charge is 0.353 e. The number of halogens is 2. The third kappa shape index (κ3) is 3.12. The van der Waals surface area contributed by atoms with Gasteiger partial charge in [-0.05, 0) is 49.9 Å². The van der Waals surface area contributed by atoms with Crippen molar-refractivity contribution in [2.75, 3.05) is 6.54 Å². The lowest BCUT2D eigenvalue weighted by atomic mass is 9.98. The highest BCUT2D eigenvalue weighted by molar-refractivity contribution is 6.45. The average Bonchev–Trinajstić information content (AvgIpc) is 2.91. The monoisotopic (exact) mass is 346 g/mol. The number of hydrogen-bond donors (Lipinski definition) is 2. The van der Waals surface area contributed by atoms with Gasteiger partial charge in [-0.1, -0.05) is 53.5 Å². The third-order valence-corrected chi connectivity index (χ3v) is 5.07. The van der Waals surface area contributed by atoms with Crippen LogP contribution in [0.15, 0.2) is 36.4 Å². The van der Waals surface area contributed by atoms with Crippen LogP contribution in [0.4, 0.5) is 0 Å². The second-order valence-electron chi connectivity index (χ2n) is 5.82. The number of aryl methyl sites for hydroxylation is 2. The van der Waals surface area contributed by atoms with Gasteiger partial charge < -0.3 is 10.7 Å². The molecule has 0 bridgehead atoms. The van der Waals surface area contributed by atoms with Crippen molar-refractivity contribution >= 4 is 34.1 Å². The summed E-state index contributed by atoms with van der Waals surface area (Å²) < 4.78 is 0. The molecule has 0 aliphatic rings. The lowest BCUT2D eigenvalue weighted by Crippen LogP contribution is -1.99. The molecule has 120 valence electrons. The molecule has 1 heterocycles. The van der Waals surface area contributed by atoms with E-state index in [1.165, 1.54) is 16.7 Å². The standard InChI is InChI=1S/C19H20Cl2N2/c1-12-6-2-3-7-13(12)18-14(8-4-5-11-22)15-9-10-16(20)17(21)19(15)23-18/h2-3,6-7,9-10,23H,4-5,8,11,22H2,1H3. The van der Waals surface area contributed by atoms with Crippen LogP contribution in [0.3, 0.4) is 0 Å². The molecule has 0 saturated heterocycles. The summed E-state index contributed by atoms with van der Waals surface area (Å²) in [4.78, 5) is 3.51. The highest BCUT2D eigenvalue weighted by Gasteiger charge is 2.17. The van der Waals surface area contributed by atoms with Crippen LogP contribution in [0.2, 0.25) is 10.0 Å². The first-order valence-corrected chi connectivity index (χ1v) is 8.63. The van der Waals surface area contributed by atoms with Gasteiger partial charge in [0.1, 0.15) is 0 Å². The van der Waals surface area contributed by atoms with Gasteiger partial charge in [0.2, 0.25) is 0 Å². The van der Waals surface area contributed by atoms with E-state index in [2.05, 4.69) is 42.2 Å². The number of unbranched alkanes of at least 4 members (excludes halogenated alkanes) is 1. The molecule has 0 atom stereocenters. The quantitative estimate of drug-likeness (QED) is 0.569. The maximum Gasteiger partial charge on any atom is 0.0833 e. The fraction of sp³-hybridized carbons (Fsp3) is 0.263. The molecule has 3 rings (SSSR count). The summed E-state index contributed by atoms with van der Waals surface area (Å²) in [5.41, 5.74) is 11.4. The Bertz CT molecular complexity index is 837. The van der Waals surface area contributed by atoms with E-state index in [0.717, 1.165) is 35.9 Å². The van der Waals surface area contributed by atoms with Crippen LogP contribution in [0.25, 0.3) is 22.2 Å². The Kier molecular flexibility index (Phi) is 4.96. The van der Waals surface area contributed by atoms with Crippen molar-refractivity contribution in [3.63, 3.8) is 0 Å². The summed E-state index contributed by atoms with van der Waals surface area (Å²) >= 11 is 12.6. The van der Waals surface area contributed by atoms with Gasteiger partial charge in [0.25, 0.3) is 0 Å². The van der Waals surface area contributed by atoms with Crippen LogP contribution in [-0.2, 0) is 6.42 Å². The summed E-state index contributed by atoms with van der Waals surface area (Å²) in [7, 11) is 0. The van der Waals surface area contributed by atoms with Gasteiger partial charge in [-0.3, -0.25) is 0 Å². The number of hydrogen-bond acceptors (Lipinski definition) is 1. The van der Waals surface area contributed by atoms with E-state index in [4.69, 9.17) is 28.9 Å². The van der Waals surface area contributed by atoms with Crippen LogP contribution in [-0.4, -0.2) is 11.5 Å². The van der Waals surface area contributed by atoms with Crippen molar-refractivity contribution in [3.05, 3.63) is 57.6 Å². The summed E-state index contributed by atoms with van der Waals surface area (Å²) in [5, 5.41) is 2.31. The number of benzene rings is 2. The first-order valence-electron chi connectivity index (χ1n) is 7.88. The van der Waals surface area contributed by atoms with E-state index in [1.54, 1.807) is 0 Å². The Balaban J connectivity index is 2.21. The minimum atomic E-state index is 0.574. The summed E-state index contributed by atoms with van der Waals surface area (Å²) in [6.45, 7) is 2.84. The van der Waals surface area contributed by atoms with Crippen molar-refractivity contribution in [3.8, 4) is 11.3 Å². The van der Waals surface area contributed by atoms with Gasteiger partial charge in [-0.15, -0.1) is 0 Å². The number of aromatic amines is 1. The number of aromatic nitrogens is 1. The third-order valence-electron chi connectivity index (χ3n) is 4.27. The van der Waals surface area contributed by atoms with Crippen molar-refractivity contribution in [1.82, 2.24) is 4.98 Å². The number of fused-ring (bicyclic) bond motifs is 1. The summed E-state index contributed by atoms with van der Waals surface area (Å²) in [6.07, 6.45) is 3.04. The van der Waals surface area contributed by atoms with Gasteiger partial charge in [0.15, 0.2) is 0 Å². The van der Waals surface area contributed by atoms with E-state index in [9.17, 15) is 0 Å². The van der Waals surface area contributed by atoms with Crippen LogP contribution in [0.5, 0.6) is 0 Å². The molecule has 0 fully saturated rings. The molecule has 0 spiro atoms. The highest BCUT2D eigenvalue weighted by Crippen LogP contribution is 2.38. The average molecular weight is 347 g/mol. The molecule has 2 aromatic carbocycles. The zero-order chi connectivity index (χ0) is 16.4. The zero-order valence-corrected chi connectivity index (χ0v) is 14.6. The van der Waals surface area contributed by atoms with Gasteiger partial charge in [0.05, 0.1) is 15.6 Å². The second kappa shape index (κ2) is 6.96. The zero-order valence-electron chi connectivity index (χ0n) is 13.1. The van der Waals surface area contributed by atoms with Crippen molar-refractivity contribution < 1.29 is 0 Å². The van der Waals surface area contributed by atoms with Gasteiger partial charge in [0, 0.05) is 16.6 Å². The fourth-order valence-corrected chi connectivity index (χ4v) is 3.42. The molecule has 3 N–H and O–H groups in total. The Morgan fingerprint density at radius 1 is 1.04 bits per heavy atom. The molecule has 23 heavy (non-hydrogen) atoms. The molecule has 0 aliphatic heterocycles. The van der Waals surface area contributed by atoms with Crippen LogP contribution >= 0.6 is 23.2 Å². The predicted molar refractivity (Wildman–Crippen MR) is 100 cm³/mol. The topological polar surface area (TPSA) is 41.8 Å². The minimum absolute atomic E-state index is 0.574. The molecule has 0 unspecified atom stereocenters. The van der Waals surface area contributed by atoms with Crippen molar-refractivity contribution in [2.45, 2.75) is 26.2 Å². The lowest BCUT2D eigenvalue weighted by Gasteiger charge is -2.08. The number of rotatable bonds is 5. The molecule has 0 saturated carbocycles. The first kappa shape index (κ1) is 16.4. The number of H-pyrrole nitrogens is 1. The maximum absolute atomic E-state index is 6.42. The summed E-state index contributed by atoms with van der Waals surface area (Å²) in [5.74, 6) is 0. The predicted octanol–water partition coefficient (Wildman–Crippen LogP) is 5.73. The normalized spacial score (nSPS) is 11.3. The molecule has 1 aromatic heterocycles. The lowest BCUT2D eigenvalue weighted by molar-refractivity contribution is 0.748. The van der Waals surface area contributed by atoms with E-state index >= 15 is 0 Å². The van der Waals surface area contributed by atoms with E-state index in [-0.39, 0.29) is 0 Å². The van der Waals surface area contributed by atoms with Gasteiger partial charge in [-0.2, -0.15) is 0 Å². The van der Waals surface area contributed by atoms with E-state index in [0.29, 0.717) is 16.6 Å². The second-order valence-corrected chi connectivity index (χ2v) is 6.61. The Hall–Kier alpha value is -1.48. The molecule has 4 heteroatoms. The highest BCUT2D eigenvalue weighted by atomic mass is 35.5. The smallest absolute Gasteiger partial charge is 0.0833 e.